The van der Waals surface area contributed by atoms with Gasteiger partial charge in [0.25, 0.3) is 5.91 Å². The summed E-state index contributed by atoms with van der Waals surface area (Å²) >= 11 is 0. The summed E-state index contributed by atoms with van der Waals surface area (Å²) < 4.78 is 31.9. The third-order valence-electron chi connectivity index (χ3n) is 6.50. The van der Waals surface area contributed by atoms with Crippen molar-refractivity contribution < 1.29 is 23.2 Å². The van der Waals surface area contributed by atoms with Gasteiger partial charge >= 0.3 is 0 Å². The van der Waals surface area contributed by atoms with E-state index in [9.17, 15) is 18.4 Å². The first-order valence-electron chi connectivity index (χ1n) is 11.4. The Hall–Kier alpha value is -3.86. The zero-order valence-corrected chi connectivity index (χ0v) is 20.1. The van der Waals surface area contributed by atoms with Crippen molar-refractivity contribution in [3.63, 3.8) is 0 Å². The highest BCUT2D eigenvalue weighted by atomic mass is 32.2. The molecule has 5 rings (SSSR count). The molecule has 1 aromatic heterocycles. The van der Waals surface area contributed by atoms with Crippen molar-refractivity contribution in [1.29, 1.82) is 0 Å². The Kier molecular flexibility index (Phi) is 6.40. The van der Waals surface area contributed by atoms with Crippen LogP contribution in [-0.4, -0.2) is 52.5 Å². The molecule has 2 heterocycles. The van der Waals surface area contributed by atoms with Crippen LogP contribution in [0.15, 0.2) is 90.0 Å². The molecule has 0 radical (unpaired) electrons. The normalized spacial score (nSPS) is 15.4. The molecule has 4 aromatic rings. The van der Waals surface area contributed by atoms with E-state index in [-0.39, 0.29) is 31.0 Å². The van der Waals surface area contributed by atoms with Gasteiger partial charge in [-0.3, -0.25) is 10.0 Å². The van der Waals surface area contributed by atoms with Crippen LogP contribution in [0.1, 0.15) is 12.8 Å². The maximum atomic E-state index is 13.4. The largest absolute Gasteiger partial charge is 0.381 e. The van der Waals surface area contributed by atoms with E-state index in [1.807, 2.05) is 54.6 Å². The fourth-order valence-electron chi connectivity index (χ4n) is 4.44. The Morgan fingerprint density at radius 1 is 0.917 bits per heavy atom. The van der Waals surface area contributed by atoms with Gasteiger partial charge in [-0.05, 0) is 54.3 Å². The molecule has 0 saturated carbocycles. The molecule has 0 bridgehead atoms. The van der Waals surface area contributed by atoms with Crippen molar-refractivity contribution in [3.05, 3.63) is 85.1 Å². The first-order valence-corrected chi connectivity index (χ1v) is 12.9. The van der Waals surface area contributed by atoms with Crippen LogP contribution in [-0.2, 0) is 19.4 Å². The number of benzene rings is 3. The van der Waals surface area contributed by atoms with Gasteiger partial charge < -0.3 is 4.74 Å². The fraction of sp³-hybridized carbons (Fsp3) is 0.192. The maximum Gasteiger partial charge on any atom is 0.265 e. The van der Waals surface area contributed by atoms with Gasteiger partial charge in [-0.15, -0.1) is 5.10 Å². The van der Waals surface area contributed by atoms with Gasteiger partial charge in [0.05, 0.1) is 16.8 Å². The fourth-order valence-corrected chi connectivity index (χ4v) is 6.37. The summed E-state index contributed by atoms with van der Waals surface area (Å²) in [5.74, 6) is -0.950. The molecular weight excluding hydrogens is 480 g/mol. The maximum absolute atomic E-state index is 13.4. The van der Waals surface area contributed by atoms with Crippen molar-refractivity contribution in [2.24, 2.45) is 0 Å². The minimum Gasteiger partial charge on any atom is -0.381 e. The smallest absolute Gasteiger partial charge is 0.265 e. The average molecular weight is 505 g/mol. The zero-order valence-electron chi connectivity index (χ0n) is 19.2. The third kappa shape index (κ3) is 4.19. The number of sulfone groups is 1. The molecule has 2 N–H and O–H groups in total. The Balaban J connectivity index is 1.42. The molecule has 0 atom stereocenters. The van der Waals surface area contributed by atoms with Crippen LogP contribution in [0, 0.1) is 0 Å². The highest BCUT2D eigenvalue weighted by molar-refractivity contribution is 7.93. The molecular formula is C26H24N4O5S. The molecule has 1 aliphatic rings. The number of carbonyl (C=O) groups is 1. The van der Waals surface area contributed by atoms with E-state index in [0.717, 1.165) is 16.7 Å². The van der Waals surface area contributed by atoms with E-state index in [1.54, 1.807) is 23.0 Å². The second-order valence-corrected chi connectivity index (χ2v) is 10.8. The molecule has 36 heavy (non-hydrogen) atoms. The molecule has 0 unspecified atom stereocenters. The SMILES string of the molecule is O=C(NO)C1(S(=O)(=O)c2ccc(-n3cc(-c4cccc(-c5ccccc5)c4)nn3)cc2)CCOCC1. The van der Waals surface area contributed by atoms with Gasteiger partial charge in [-0.1, -0.05) is 53.7 Å². The van der Waals surface area contributed by atoms with Crippen molar-refractivity contribution >= 4 is 15.7 Å². The number of hydroxylamine groups is 1. The van der Waals surface area contributed by atoms with Crippen LogP contribution in [0.25, 0.3) is 28.1 Å². The van der Waals surface area contributed by atoms with E-state index in [2.05, 4.69) is 10.3 Å². The number of amides is 1. The molecule has 0 aliphatic carbocycles. The molecule has 9 nitrogen and oxygen atoms in total. The van der Waals surface area contributed by atoms with Crippen LogP contribution in [0.3, 0.4) is 0 Å². The number of nitrogens with zero attached hydrogens (tertiary/aromatic N) is 3. The second-order valence-electron chi connectivity index (χ2n) is 8.54. The Morgan fingerprint density at radius 3 is 2.28 bits per heavy atom. The average Bonchev–Trinajstić information content (AvgIpc) is 3.44. The third-order valence-corrected chi connectivity index (χ3v) is 9.02. The molecule has 1 aliphatic heterocycles. The van der Waals surface area contributed by atoms with Crippen LogP contribution < -0.4 is 5.48 Å². The highest BCUT2D eigenvalue weighted by Gasteiger charge is 2.52. The predicted molar refractivity (Wildman–Crippen MR) is 132 cm³/mol. The Labute approximate surface area is 208 Å². The quantitative estimate of drug-likeness (QED) is 0.305. The van der Waals surface area contributed by atoms with E-state index in [1.165, 1.54) is 17.6 Å². The molecule has 1 saturated heterocycles. The van der Waals surface area contributed by atoms with Crippen molar-refractivity contribution in [2.45, 2.75) is 22.5 Å². The molecule has 3 aromatic carbocycles. The molecule has 0 spiro atoms. The zero-order chi connectivity index (χ0) is 25.2. The monoisotopic (exact) mass is 504 g/mol. The van der Waals surface area contributed by atoms with Crippen LogP contribution in [0.5, 0.6) is 0 Å². The van der Waals surface area contributed by atoms with Crippen LogP contribution >= 0.6 is 0 Å². The molecule has 10 heteroatoms. The van der Waals surface area contributed by atoms with E-state index < -0.39 is 20.5 Å². The van der Waals surface area contributed by atoms with Gasteiger partial charge in [0.15, 0.2) is 14.6 Å². The lowest BCUT2D eigenvalue weighted by Gasteiger charge is -2.34. The number of hydrogen-bond donors (Lipinski definition) is 2. The van der Waals surface area contributed by atoms with E-state index in [0.29, 0.717) is 11.4 Å². The Morgan fingerprint density at radius 2 is 1.58 bits per heavy atom. The predicted octanol–water partition coefficient (Wildman–Crippen LogP) is 3.43. The van der Waals surface area contributed by atoms with Crippen molar-refractivity contribution in [2.75, 3.05) is 13.2 Å². The summed E-state index contributed by atoms with van der Waals surface area (Å²) in [6, 6.07) is 24.1. The summed E-state index contributed by atoms with van der Waals surface area (Å²) in [5, 5.41) is 17.7. The van der Waals surface area contributed by atoms with Crippen molar-refractivity contribution in [1.82, 2.24) is 20.5 Å². The number of nitrogens with one attached hydrogen (secondary N) is 1. The minimum absolute atomic E-state index is 0.0207. The lowest BCUT2D eigenvalue weighted by molar-refractivity contribution is -0.134. The highest BCUT2D eigenvalue weighted by Crippen LogP contribution is 2.35. The lowest BCUT2D eigenvalue weighted by Crippen LogP contribution is -2.54. The summed E-state index contributed by atoms with van der Waals surface area (Å²) in [6.45, 7) is 0.218. The molecule has 1 amide bonds. The first-order chi connectivity index (χ1) is 17.4. The van der Waals surface area contributed by atoms with E-state index in [4.69, 9.17) is 4.74 Å². The van der Waals surface area contributed by atoms with Gasteiger partial charge in [0.2, 0.25) is 0 Å². The van der Waals surface area contributed by atoms with Crippen LogP contribution in [0.2, 0.25) is 0 Å². The Bertz CT molecular complexity index is 1480. The first kappa shape index (κ1) is 23.9. The number of rotatable bonds is 6. The number of carbonyl (C=O) groups excluding carboxylic acids is 1. The van der Waals surface area contributed by atoms with E-state index >= 15 is 0 Å². The summed E-state index contributed by atoms with van der Waals surface area (Å²) in [7, 11) is -4.10. The van der Waals surface area contributed by atoms with Gasteiger partial charge in [-0.25, -0.2) is 18.6 Å². The standard InChI is InChI=1S/C26H24N4O5S/c31-25(28-32)26(13-15-35-16-14-26)36(33,34)23-11-9-22(10-12-23)30-18-24(27-29-30)21-8-4-7-20(17-21)19-5-2-1-3-6-19/h1-12,17-18,32H,13-16H2,(H,28,31). The number of hydrogen-bond acceptors (Lipinski definition) is 7. The summed E-state index contributed by atoms with van der Waals surface area (Å²) in [5.41, 5.74) is 5.87. The molecule has 1 fully saturated rings. The summed E-state index contributed by atoms with van der Waals surface area (Å²) in [4.78, 5) is 12.4. The number of ether oxygens (including phenoxy) is 1. The van der Waals surface area contributed by atoms with Crippen molar-refractivity contribution in [3.8, 4) is 28.1 Å². The van der Waals surface area contributed by atoms with Gasteiger partial charge in [0.1, 0.15) is 5.69 Å². The van der Waals surface area contributed by atoms with Crippen LogP contribution in [0.4, 0.5) is 0 Å². The summed E-state index contributed by atoms with van der Waals surface area (Å²) in [6.07, 6.45) is 1.68. The topological polar surface area (TPSA) is 123 Å². The minimum atomic E-state index is -4.10. The van der Waals surface area contributed by atoms with Gasteiger partial charge in [0, 0.05) is 18.8 Å². The lowest BCUT2D eigenvalue weighted by atomic mass is 9.98. The number of aromatic nitrogens is 3. The van der Waals surface area contributed by atoms with Gasteiger partial charge in [-0.2, -0.15) is 0 Å². The second kappa shape index (κ2) is 9.65. The molecule has 184 valence electrons.